The van der Waals surface area contributed by atoms with E-state index in [1.54, 1.807) is 0 Å². The molecule has 1 aliphatic rings. The van der Waals surface area contributed by atoms with Gasteiger partial charge in [0, 0.05) is 6.61 Å². The lowest BCUT2D eigenvalue weighted by Crippen LogP contribution is -2.41. The van der Waals surface area contributed by atoms with Crippen molar-refractivity contribution in [2.75, 3.05) is 13.2 Å². The molecule has 0 saturated carbocycles. The second-order valence-corrected chi connectivity index (χ2v) is 13.4. The first kappa shape index (κ1) is 19.1. The third-order valence-electron chi connectivity index (χ3n) is 5.36. The van der Waals surface area contributed by atoms with Crippen LogP contribution in [-0.2, 0) is 13.9 Å². The molecule has 1 heterocycles. The Morgan fingerprint density at radius 2 is 1.81 bits per heavy atom. The highest BCUT2D eigenvalue weighted by atomic mass is 28.4. The van der Waals surface area contributed by atoms with Gasteiger partial charge in [-0.25, -0.2) is 0 Å². The number of hydrogen-bond donors (Lipinski definition) is 0. The first-order valence-corrected chi connectivity index (χ1v) is 11.2. The SMILES string of the molecule is C[C@H]([C@@H](C)CCO[Si](C)(C)C(C)(C)C)[C@H]1COC(C)(C)O1. The lowest BCUT2D eigenvalue weighted by Gasteiger charge is -2.36. The maximum absolute atomic E-state index is 6.29. The summed E-state index contributed by atoms with van der Waals surface area (Å²) in [5, 5.41) is 0.286. The zero-order chi connectivity index (χ0) is 16.5. The van der Waals surface area contributed by atoms with Crippen molar-refractivity contribution in [1.82, 2.24) is 0 Å². The van der Waals surface area contributed by atoms with Gasteiger partial charge in [-0.3, -0.25) is 0 Å². The summed E-state index contributed by atoms with van der Waals surface area (Å²) in [5.74, 6) is 0.656. The van der Waals surface area contributed by atoms with Crippen molar-refractivity contribution in [3.63, 3.8) is 0 Å². The van der Waals surface area contributed by atoms with Gasteiger partial charge in [0.2, 0.25) is 0 Å². The molecule has 126 valence electrons. The Kier molecular flexibility index (Phi) is 6.10. The molecular weight excluding hydrogens is 280 g/mol. The minimum atomic E-state index is -1.62. The van der Waals surface area contributed by atoms with Gasteiger partial charge in [0.15, 0.2) is 14.1 Å². The maximum atomic E-state index is 6.29. The Balaban J connectivity index is 2.39. The molecule has 1 rings (SSSR count). The van der Waals surface area contributed by atoms with E-state index in [9.17, 15) is 0 Å². The standard InChI is InChI=1S/C17H36O3Si/c1-13(10-11-19-21(8,9)16(3,4)5)14(2)15-12-18-17(6,7)20-15/h13-15H,10-12H2,1-9H3/t13-,14+,15+/m0/s1. The molecule has 0 amide bonds. The molecule has 0 bridgehead atoms. The minimum absolute atomic E-state index is 0.211. The third kappa shape index (κ3) is 5.34. The van der Waals surface area contributed by atoms with E-state index in [2.05, 4.69) is 47.7 Å². The maximum Gasteiger partial charge on any atom is 0.191 e. The fourth-order valence-corrected chi connectivity index (χ4v) is 3.38. The molecule has 0 radical (unpaired) electrons. The van der Waals surface area contributed by atoms with Crippen molar-refractivity contribution in [2.45, 2.75) is 84.9 Å². The van der Waals surface area contributed by atoms with Crippen LogP contribution >= 0.6 is 0 Å². The first-order valence-electron chi connectivity index (χ1n) is 8.31. The molecule has 0 aromatic rings. The highest BCUT2D eigenvalue weighted by Gasteiger charge is 2.39. The quantitative estimate of drug-likeness (QED) is 0.657. The van der Waals surface area contributed by atoms with E-state index in [1.807, 2.05) is 13.8 Å². The van der Waals surface area contributed by atoms with Gasteiger partial charge >= 0.3 is 0 Å². The summed E-state index contributed by atoms with van der Waals surface area (Å²) in [6.07, 6.45) is 1.30. The first-order chi connectivity index (χ1) is 9.36. The minimum Gasteiger partial charge on any atom is -0.417 e. The van der Waals surface area contributed by atoms with Crippen LogP contribution in [-0.4, -0.2) is 33.4 Å². The highest BCUT2D eigenvalue weighted by molar-refractivity contribution is 6.74. The van der Waals surface area contributed by atoms with E-state index >= 15 is 0 Å². The van der Waals surface area contributed by atoms with Crippen LogP contribution in [0.4, 0.5) is 0 Å². The van der Waals surface area contributed by atoms with E-state index in [1.165, 1.54) is 0 Å². The van der Waals surface area contributed by atoms with Crippen molar-refractivity contribution in [1.29, 1.82) is 0 Å². The van der Waals surface area contributed by atoms with Crippen LogP contribution in [0, 0.1) is 11.8 Å². The molecular formula is C17H36O3Si. The van der Waals surface area contributed by atoms with E-state index in [0.29, 0.717) is 18.4 Å². The van der Waals surface area contributed by atoms with E-state index in [4.69, 9.17) is 13.9 Å². The Morgan fingerprint density at radius 3 is 2.24 bits per heavy atom. The van der Waals surface area contributed by atoms with Gasteiger partial charge < -0.3 is 13.9 Å². The van der Waals surface area contributed by atoms with Crippen LogP contribution in [0.1, 0.15) is 54.9 Å². The summed E-state index contributed by atoms with van der Waals surface area (Å²) in [5.41, 5.74) is 0. The predicted molar refractivity (Wildman–Crippen MR) is 91.0 cm³/mol. The molecule has 0 aromatic carbocycles. The van der Waals surface area contributed by atoms with E-state index in [-0.39, 0.29) is 11.1 Å². The topological polar surface area (TPSA) is 27.7 Å². The second kappa shape index (κ2) is 6.69. The molecule has 1 fully saturated rings. The highest BCUT2D eigenvalue weighted by Crippen LogP contribution is 2.37. The van der Waals surface area contributed by atoms with Gasteiger partial charge in [-0.15, -0.1) is 0 Å². The van der Waals surface area contributed by atoms with Crippen LogP contribution in [0.3, 0.4) is 0 Å². The third-order valence-corrected chi connectivity index (χ3v) is 9.89. The molecule has 0 N–H and O–H groups in total. The van der Waals surface area contributed by atoms with Gasteiger partial charge in [0.05, 0.1) is 12.7 Å². The van der Waals surface area contributed by atoms with Gasteiger partial charge in [-0.2, -0.15) is 0 Å². The average molecular weight is 317 g/mol. The van der Waals surface area contributed by atoms with Gasteiger partial charge in [-0.1, -0.05) is 34.6 Å². The van der Waals surface area contributed by atoms with E-state index in [0.717, 1.165) is 13.0 Å². The Morgan fingerprint density at radius 1 is 1.24 bits per heavy atom. The van der Waals surface area contributed by atoms with Crippen LogP contribution in [0.2, 0.25) is 18.1 Å². The molecule has 3 atom stereocenters. The molecule has 0 aromatic heterocycles. The van der Waals surface area contributed by atoms with Crippen LogP contribution in [0.5, 0.6) is 0 Å². The smallest absolute Gasteiger partial charge is 0.191 e. The monoisotopic (exact) mass is 316 g/mol. The molecule has 1 aliphatic heterocycles. The molecule has 0 spiro atoms. The summed E-state index contributed by atoms with van der Waals surface area (Å²) >= 11 is 0. The summed E-state index contributed by atoms with van der Waals surface area (Å²) in [7, 11) is -1.62. The molecule has 21 heavy (non-hydrogen) atoms. The average Bonchev–Trinajstić information content (AvgIpc) is 2.66. The van der Waals surface area contributed by atoms with Crippen LogP contribution < -0.4 is 0 Å². The molecule has 0 unspecified atom stereocenters. The summed E-state index contributed by atoms with van der Waals surface area (Å²) in [4.78, 5) is 0. The van der Waals surface area contributed by atoms with E-state index < -0.39 is 14.1 Å². The fraction of sp³-hybridized carbons (Fsp3) is 1.00. The van der Waals surface area contributed by atoms with Crippen molar-refractivity contribution < 1.29 is 13.9 Å². The fourth-order valence-electron chi connectivity index (χ4n) is 2.32. The predicted octanol–water partition coefficient (Wildman–Crippen LogP) is 4.82. The zero-order valence-corrected chi connectivity index (χ0v) is 16.6. The summed E-state index contributed by atoms with van der Waals surface area (Å²) in [6.45, 7) is 21.6. The zero-order valence-electron chi connectivity index (χ0n) is 15.6. The molecule has 3 nitrogen and oxygen atoms in total. The van der Waals surface area contributed by atoms with Gasteiger partial charge in [-0.05, 0) is 50.2 Å². The normalized spacial score (nSPS) is 25.9. The Bertz CT molecular complexity index is 333. The Labute approximate surface area is 132 Å². The largest absolute Gasteiger partial charge is 0.417 e. The number of rotatable bonds is 6. The lowest BCUT2D eigenvalue weighted by molar-refractivity contribution is -0.146. The van der Waals surface area contributed by atoms with Crippen molar-refractivity contribution in [2.24, 2.45) is 11.8 Å². The van der Waals surface area contributed by atoms with Gasteiger partial charge in [0.1, 0.15) is 0 Å². The summed E-state index contributed by atoms with van der Waals surface area (Å²) < 4.78 is 17.9. The molecule has 1 saturated heterocycles. The number of ether oxygens (including phenoxy) is 2. The lowest BCUT2D eigenvalue weighted by atomic mass is 9.89. The van der Waals surface area contributed by atoms with Crippen LogP contribution in [0.25, 0.3) is 0 Å². The second-order valence-electron chi connectivity index (χ2n) is 8.60. The molecule has 0 aliphatic carbocycles. The Hall–Kier alpha value is 0.0969. The van der Waals surface area contributed by atoms with Gasteiger partial charge in [0.25, 0.3) is 0 Å². The van der Waals surface area contributed by atoms with Crippen molar-refractivity contribution in [3.8, 4) is 0 Å². The van der Waals surface area contributed by atoms with Crippen LogP contribution in [0.15, 0.2) is 0 Å². The number of hydrogen-bond acceptors (Lipinski definition) is 3. The summed E-state index contributed by atoms with van der Waals surface area (Å²) in [6, 6.07) is 0. The van der Waals surface area contributed by atoms with Crippen molar-refractivity contribution >= 4 is 8.32 Å². The van der Waals surface area contributed by atoms with Crippen molar-refractivity contribution in [3.05, 3.63) is 0 Å². The molecule has 4 heteroatoms.